The SMILES string of the molecule is CCCCCCCCCCCCCCC(=O)OCC(COP(=O)(O)OC1C(OC2OC(CO)C(O)C(O)C2O)C(O)C(O)C(O)C1OC1OC(CO)C(O)C(O)C1O)OC(=O)CCCCCCCCCCCCCC. The van der Waals surface area contributed by atoms with E-state index in [2.05, 4.69) is 13.8 Å². The molecular weight excluding hydrogens is 1010 g/mol. The van der Waals surface area contributed by atoms with E-state index >= 15 is 0 Å². The van der Waals surface area contributed by atoms with Crippen molar-refractivity contribution in [3.63, 3.8) is 0 Å². The monoisotopic (exact) mass is 1110 g/mol. The van der Waals surface area contributed by atoms with Crippen molar-refractivity contribution in [1.82, 2.24) is 0 Å². The molecule has 1 aliphatic carbocycles. The fourth-order valence-electron chi connectivity index (χ4n) is 9.47. The molecule has 0 aromatic heterocycles. The van der Waals surface area contributed by atoms with Crippen LogP contribution in [-0.2, 0) is 51.6 Å². The number of aliphatic hydroxyl groups excluding tert-OH is 11. The number of rotatable bonds is 40. The lowest BCUT2D eigenvalue weighted by Crippen LogP contribution is -2.69. The summed E-state index contributed by atoms with van der Waals surface area (Å²) in [5, 5.41) is 116. The van der Waals surface area contributed by atoms with Crippen LogP contribution >= 0.6 is 7.82 Å². The van der Waals surface area contributed by atoms with Crippen molar-refractivity contribution in [1.29, 1.82) is 0 Å². The molecule has 2 heterocycles. The first kappa shape index (κ1) is 67.7. The Bertz CT molecular complexity index is 1510. The maximum absolute atomic E-state index is 14.0. The highest BCUT2D eigenvalue weighted by Crippen LogP contribution is 2.49. The number of phosphoric ester groups is 1. The number of unbranched alkanes of at least 4 members (excludes halogenated alkanes) is 22. The minimum absolute atomic E-state index is 0.0257. The van der Waals surface area contributed by atoms with Crippen molar-refractivity contribution in [3.8, 4) is 0 Å². The van der Waals surface area contributed by atoms with Crippen molar-refractivity contribution in [3.05, 3.63) is 0 Å². The van der Waals surface area contributed by atoms with Gasteiger partial charge in [0.25, 0.3) is 0 Å². The first-order chi connectivity index (χ1) is 35.9. The molecule has 0 aromatic rings. The smallest absolute Gasteiger partial charge is 0.462 e. The van der Waals surface area contributed by atoms with E-state index in [1.807, 2.05) is 0 Å². The second-order valence-electron chi connectivity index (χ2n) is 20.5. The van der Waals surface area contributed by atoms with Crippen LogP contribution in [0.2, 0.25) is 0 Å². The van der Waals surface area contributed by atoms with E-state index in [9.17, 15) is 75.2 Å². The Labute approximate surface area is 442 Å². The molecule has 12 N–H and O–H groups in total. The van der Waals surface area contributed by atoms with Crippen LogP contribution in [0.5, 0.6) is 0 Å². The van der Waals surface area contributed by atoms with Crippen molar-refractivity contribution in [2.75, 3.05) is 26.4 Å². The highest BCUT2D eigenvalue weighted by atomic mass is 31.2. The molecule has 23 nitrogen and oxygen atoms in total. The second kappa shape index (κ2) is 37.4. The number of carbonyl (C=O) groups excluding carboxylic acids is 2. The number of esters is 2. The van der Waals surface area contributed by atoms with E-state index in [1.54, 1.807) is 0 Å². The van der Waals surface area contributed by atoms with Crippen molar-refractivity contribution < 1.29 is 113 Å². The molecule has 2 aliphatic heterocycles. The van der Waals surface area contributed by atoms with E-state index in [1.165, 1.54) is 83.5 Å². The zero-order valence-electron chi connectivity index (χ0n) is 44.3. The number of carbonyl (C=O) groups is 2. The second-order valence-corrected chi connectivity index (χ2v) is 21.9. The van der Waals surface area contributed by atoms with Gasteiger partial charge in [0, 0.05) is 12.8 Å². The van der Waals surface area contributed by atoms with E-state index in [0.717, 1.165) is 57.8 Å². The number of aliphatic hydroxyl groups is 11. The van der Waals surface area contributed by atoms with Crippen LogP contribution < -0.4 is 0 Å². The molecule has 1 saturated carbocycles. The molecule has 3 fully saturated rings. The Morgan fingerprint density at radius 2 is 0.800 bits per heavy atom. The van der Waals surface area contributed by atoms with Crippen LogP contribution in [0.3, 0.4) is 0 Å². The van der Waals surface area contributed by atoms with E-state index in [4.69, 9.17) is 37.5 Å². The summed E-state index contributed by atoms with van der Waals surface area (Å²) in [4.78, 5) is 37.3. The van der Waals surface area contributed by atoms with Crippen molar-refractivity contribution in [2.24, 2.45) is 0 Å². The van der Waals surface area contributed by atoms with E-state index in [-0.39, 0.29) is 12.8 Å². The van der Waals surface area contributed by atoms with Crippen molar-refractivity contribution in [2.45, 2.75) is 285 Å². The van der Waals surface area contributed by atoms with Crippen LogP contribution in [0.4, 0.5) is 0 Å². The summed E-state index contributed by atoms with van der Waals surface area (Å²) in [7, 11) is -5.62. The normalized spacial score (nSPS) is 32.5. The van der Waals surface area contributed by atoms with Gasteiger partial charge < -0.3 is 89.5 Å². The molecular formula is C51H95O23P. The Balaban J connectivity index is 1.74. The molecule has 3 rings (SSSR count). The lowest BCUT2D eigenvalue weighted by Gasteiger charge is -2.49. The molecule has 75 heavy (non-hydrogen) atoms. The Kier molecular flexibility index (Phi) is 33.8. The van der Waals surface area contributed by atoms with Gasteiger partial charge in [0.1, 0.15) is 92.1 Å². The summed E-state index contributed by atoms with van der Waals surface area (Å²) in [5.74, 6) is -1.33. The Hall–Kier alpha value is -1.55. The fourth-order valence-corrected chi connectivity index (χ4v) is 10.4. The zero-order chi connectivity index (χ0) is 55.3. The summed E-state index contributed by atoms with van der Waals surface area (Å²) in [6, 6.07) is 0. The molecule has 24 heteroatoms. The molecule has 442 valence electrons. The fraction of sp³-hybridized carbons (Fsp3) is 0.961. The molecule has 16 atom stereocenters. The third-order valence-corrected chi connectivity index (χ3v) is 15.2. The van der Waals surface area contributed by atoms with Crippen molar-refractivity contribution >= 4 is 19.8 Å². The van der Waals surface area contributed by atoms with Gasteiger partial charge in [-0.2, -0.15) is 0 Å². The largest absolute Gasteiger partial charge is 0.472 e. The van der Waals surface area contributed by atoms with Crippen LogP contribution in [0.25, 0.3) is 0 Å². The lowest BCUT2D eigenvalue weighted by atomic mass is 9.84. The minimum Gasteiger partial charge on any atom is -0.462 e. The number of hydrogen-bond acceptors (Lipinski definition) is 22. The molecule has 16 unspecified atom stereocenters. The average molecular weight is 1110 g/mol. The first-order valence-electron chi connectivity index (χ1n) is 27.9. The topological polar surface area (TPSA) is 368 Å². The Morgan fingerprint density at radius 1 is 0.453 bits per heavy atom. The molecule has 0 bridgehead atoms. The van der Waals surface area contributed by atoms with Gasteiger partial charge >= 0.3 is 19.8 Å². The van der Waals surface area contributed by atoms with Gasteiger partial charge in [-0.3, -0.25) is 18.6 Å². The molecule has 0 spiro atoms. The first-order valence-corrected chi connectivity index (χ1v) is 29.4. The quantitative estimate of drug-likeness (QED) is 0.0238. The van der Waals surface area contributed by atoms with Gasteiger partial charge in [-0.25, -0.2) is 4.57 Å². The van der Waals surface area contributed by atoms with Crippen LogP contribution in [0, 0.1) is 0 Å². The van der Waals surface area contributed by atoms with E-state index < -0.39 is 150 Å². The predicted molar refractivity (Wildman–Crippen MR) is 268 cm³/mol. The molecule has 0 radical (unpaired) electrons. The molecule has 3 aliphatic rings. The Morgan fingerprint density at radius 3 is 1.17 bits per heavy atom. The van der Waals surface area contributed by atoms with Crippen LogP contribution in [0.1, 0.15) is 181 Å². The summed E-state index contributed by atoms with van der Waals surface area (Å²) < 4.78 is 58.0. The molecule has 0 amide bonds. The highest BCUT2D eigenvalue weighted by Gasteiger charge is 2.58. The lowest BCUT2D eigenvalue weighted by molar-refractivity contribution is -0.360. The van der Waals surface area contributed by atoms with Crippen LogP contribution in [0.15, 0.2) is 0 Å². The predicted octanol–water partition coefficient (Wildman–Crippen LogP) is 2.59. The third kappa shape index (κ3) is 24.0. The van der Waals surface area contributed by atoms with Gasteiger partial charge in [-0.15, -0.1) is 0 Å². The summed E-state index contributed by atoms with van der Waals surface area (Å²) in [5.41, 5.74) is 0. The number of hydrogen-bond donors (Lipinski definition) is 12. The molecule has 2 saturated heterocycles. The summed E-state index contributed by atoms with van der Waals surface area (Å²) in [6.45, 7) is 0.984. The maximum Gasteiger partial charge on any atom is 0.472 e. The third-order valence-electron chi connectivity index (χ3n) is 14.2. The van der Waals surface area contributed by atoms with Gasteiger partial charge in [0.05, 0.1) is 19.8 Å². The van der Waals surface area contributed by atoms with Gasteiger partial charge in [0.2, 0.25) is 0 Å². The zero-order valence-corrected chi connectivity index (χ0v) is 45.2. The van der Waals surface area contributed by atoms with E-state index in [0.29, 0.717) is 12.8 Å². The van der Waals surface area contributed by atoms with Gasteiger partial charge in [-0.1, -0.05) is 155 Å². The highest BCUT2D eigenvalue weighted by molar-refractivity contribution is 7.47. The standard InChI is InChI=1S/C51H95O23P/c1-3-5-7-9-11-13-15-17-19-21-23-25-27-36(54)67-31-33(69-37(55)28-26-24-22-20-18-16-14-12-10-8-6-4-2)32-68-75(65,66)74-49-47(72-50-45(63)40(58)38(56)34(29-52)70-50)43(61)42(60)44(62)48(49)73-51-46(64)41(59)39(57)35(30-53)71-51/h33-35,38-53,56-64H,3-32H2,1-2H3,(H,65,66). The summed E-state index contributed by atoms with van der Waals surface area (Å²) >= 11 is 0. The average Bonchev–Trinajstić information content (AvgIpc) is 3.39. The van der Waals surface area contributed by atoms with Crippen LogP contribution in [-0.4, -0.2) is 204 Å². The maximum atomic E-state index is 14.0. The molecule has 0 aromatic carbocycles. The number of ether oxygens (including phenoxy) is 6. The van der Waals surface area contributed by atoms with Gasteiger partial charge in [-0.05, 0) is 12.8 Å². The van der Waals surface area contributed by atoms with Gasteiger partial charge in [0.15, 0.2) is 18.7 Å². The minimum atomic E-state index is -5.62. The number of phosphoric acid groups is 1. The summed E-state index contributed by atoms with van der Waals surface area (Å²) in [6.07, 6.45) is -8.87.